The third kappa shape index (κ3) is 2.78. The second-order valence-electron chi connectivity index (χ2n) is 5.83. The molecule has 2 heterocycles. The highest BCUT2D eigenvalue weighted by Gasteiger charge is 2.26. The SMILES string of the molecule is CC(C)CNc1nc(-c2ccc3c(c2)[C@@H](C)C(=O)N3)cs1. The number of anilines is 2. The number of amides is 1. The lowest BCUT2D eigenvalue weighted by atomic mass is 10.00. The Hall–Kier alpha value is -1.88. The van der Waals surface area contributed by atoms with Gasteiger partial charge < -0.3 is 10.6 Å². The molecule has 0 fully saturated rings. The van der Waals surface area contributed by atoms with E-state index in [0.717, 1.165) is 34.2 Å². The normalized spacial score (nSPS) is 17.0. The molecule has 0 aliphatic carbocycles. The van der Waals surface area contributed by atoms with Gasteiger partial charge in [-0.05, 0) is 30.5 Å². The topological polar surface area (TPSA) is 54.0 Å². The van der Waals surface area contributed by atoms with Crippen molar-refractivity contribution in [3.05, 3.63) is 29.1 Å². The Morgan fingerprint density at radius 3 is 3.00 bits per heavy atom. The van der Waals surface area contributed by atoms with Crippen molar-refractivity contribution in [2.45, 2.75) is 26.7 Å². The number of thiazole rings is 1. The summed E-state index contributed by atoms with van der Waals surface area (Å²) in [4.78, 5) is 16.3. The van der Waals surface area contributed by atoms with Crippen LogP contribution in [0.1, 0.15) is 32.3 Å². The standard InChI is InChI=1S/C16H19N3OS/c1-9(2)7-17-16-19-14(8-21-16)11-4-5-13-12(6-11)10(3)15(20)18-13/h4-6,8-10H,7H2,1-3H3,(H,17,19)(H,18,20)/t10-/m1/s1. The molecule has 0 unspecified atom stereocenters. The predicted molar refractivity (Wildman–Crippen MR) is 87.9 cm³/mol. The van der Waals surface area contributed by atoms with E-state index in [1.54, 1.807) is 11.3 Å². The zero-order chi connectivity index (χ0) is 15.0. The van der Waals surface area contributed by atoms with E-state index in [0.29, 0.717) is 5.92 Å². The smallest absolute Gasteiger partial charge is 0.231 e. The van der Waals surface area contributed by atoms with Crippen molar-refractivity contribution in [1.29, 1.82) is 0 Å². The number of aromatic nitrogens is 1. The predicted octanol–water partition coefficient (Wildman–Crippen LogP) is 3.93. The van der Waals surface area contributed by atoms with Gasteiger partial charge in [0, 0.05) is 23.2 Å². The average Bonchev–Trinajstić information content (AvgIpc) is 3.03. The molecule has 3 rings (SSSR count). The van der Waals surface area contributed by atoms with Crippen molar-refractivity contribution >= 4 is 28.1 Å². The maximum Gasteiger partial charge on any atom is 0.231 e. The zero-order valence-electron chi connectivity index (χ0n) is 12.4. The van der Waals surface area contributed by atoms with E-state index in [1.807, 2.05) is 19.1 Å². The van der Waals surface area contributed by atoms with Crippen LogP contribution < -0.4 is 10.6 Å². The lowest BCUT2D eigenvalue weighted by molar-refractivity contribution is -0.116. The van der Waals surface area contributed by atoms with Crippen molar-refractivity contribution in [2.75, 3.05) is 17.2 Å². The monoisotopic (exact) mass is 301 g/mol. The van der Waals surface area contributed by atoms with Crippen LogP contribution in [0.2, 0.25) is 0 Å². The maximum atomic E-state index is 11.7. The second-order valence-corrected chi connectivity index (χ2v) is 6.68. The molecule has 0 saturated carbocycles. The molecule has 5 heteroatoms. The quantitative estimate of drug-likeness (QED) is 0.899. The lowest BCUT2D eigenvalue weighted by Gasteiger charge is -2.05. The van der Waals surface area contributed by atoms with Gasteiger partial charge in [-0.25, -0.2) is 4.98 Å². The van der Waals surface area contributed by atoms with Crippen molar-refractivity contribution in [3.63, 3.8) is 0 Å². The molecule has 2 N–H and O–H groups in total. The van der Waals surface area contributed by atoms with Crippen molar-refractivity contribution in [2.24, 2.45) is 5.92 Å². The van der Waals surface area contributed by atoms with E-state index in [2.05, 4.69) is 40.9 Å². The van der Waals surface area contributed by atoms with Crippen LogP contribution in [0.3, 0.4) is 0 Å². The Morgan fingerprint density at radius 2 is 2.24 bits per heavy atom. The zero-order valence-corrected chi connectivity index (χ0v) is 13.3. The molecule has 1 amide bonds. The van der Waals surface area contributed by atoms with Crippen LogP contribution >= 0.6 is 11.3 Å². The number of fused-ring (bicyclic) bond motifs is 1. The van der Waals surface area contributed by atoms with Crippen molar-refractivity contribution in [1.82, 2.24) is 4.98 Å². The van der Waals surface area contributed by atoms with Gasteiger partial charge in [0.05, 0.1) is 11.6 Å². The number of hydrogen-bond donors (Lipinski definition) is 2. The van der Waals surface area contributed by atoms with Gasteiger partial charge in [-0.15, -0.1) is 11.3 Å². The first kappa shape index (κ1) is 14.1. The summed E-state index contributed by atoms with van der Waals surface area (Å²) in [6, 6.07) is 6.05. The molecule has 2 aromatic rings. The summed E-state index contributed by atoms with van der Waals surface area (Å²) in [6.07, 6.45) is 0. The first-order chi connectivity index (χ1) is 10.0. The van der Waals surface area contributed by atoms with Crippen LogP contribution in [0.4, 0.5) is 10.8 Å². The van der Waals surface area contributed by atoms with Gasteiger partial charge in [-0.1, -0.05) is 19.9 Å². The number of carbonyl (C=O) groups excluding carboxylic acids is 1. The average molecular weight is 301 g/mol. The van der Waals surface area contributed by atoms with Gasteiger partial charge in [-0.3, -0.25) is 4.79 Å². The fourth-order valence-corrected chi connectivity index (χ4v) is 3.09. The maximum absolute atomic E-state index is 11.7. The van der Waals surface area contributed by atoms with E-state index in [1.165, 1.54) is 0 Å². The highest BCUT2D eigenvalue weighted by atomic mass is 32.1. The van der Waals surface area contributed by atoms with Gasteiger partial charge >= 0.3 is 0 Å². The molecule has 1 atom stereocenters. The number of rotatable bonds is 4. The minimum Gasteiger partial charge on any atom is -0.361 e. The van der Waals surface area contributed by atoms with Gasteiger partial charge in [-0.2, -0.15) is 0 Å². The molecule has 0 saturated heterocycles. The lowest BCUT2D eigenvalue weighted by Crippen LogP contribution is -2.08. The van der Waals surface area contributed by atoms with E-state index in [9.17, 15) is 4.79 Å². The molecule has 0 spiro atoms. The number of nitrogens with one attached hydrogen (secondary N) is 2. The number of carbonyl (C=O) groups is 1. The summed E-state index contributed by atoms with van der Waals surface area (Å²) in [5.74, 6) is 0.576. The van der Waals surface area contributed by atoms with Crippen LogP contribution in [-0.2, 0) is 4.79 Å². The first-order valence-corrected chi connectivity index (χ1v) is 8.07. The van der Waals surface area contributed by atoms with Crippen molar-refractivity contribution < 1.29 is 4.79 Å². The van der Waals surface area contributed by atoms with Gasteiger partial charge in [0.15, 0.2) is 5.13 Å². The Kier molecular flexibility index (Phi) is 3.68. The summed E-state index contributed by atoms with van der Waals surface area (Å²) in [6.45, 7) is 7.20. The van der Waals surface area contributed by atoms with E-state index in [-0.39, 0.29) is 11.8 Å². The van der Waals surface area contributed by atoms with E-state index >= 15 is 0 Å². The Labute approximate surface area is 128 Å². The highest BCUT2D eigenvalue weighted by molar-refractivity contribution is 7.14. The number of nitrogens with zero attached hydrogens (tertiary/aromatic N) is 1. The molecule has 1 aliphatic heterocycles. The molecular weight excluding hydrogens is 282 g/mol. The molecule has 1 aromatic carbocycles. The molecule has 1 aromatic heterocycles. The van der Waals surface area contributed by atoms with Crippen LogP contribution in [0.15, 0.2) is 23.6 Å². The van der Waals surface area contributed by atoms with Crippen LogP contribution in [0.5, 0.6) is 0 Å². The van der Waals surface area contributed by atoms with Gasteiger partial charge in [0.25, 0.3) is 0 Å². The van der Waals surface area contributed by atoms with Gasteiger partial charge in [0.2, 0.25) is 5.91 Å². The molecule has 21 heavy (non-hydrogen) atoms. The Bertz CT molecular complexity index is 678. The molecule has 4 nitrogen and oxygen atoms in total. The Morgan fingerprint density at radius 1 is 1.43 bits per heavy atom. The summed E-state index contributed by atoms with van der Waals surface area (Å²) in [7, 11) is 0. The largest absolute Gasteiger partial charge is 0.361 e. The molecule has 0 bridgehead atoms. The second kappa shape index (κ2) is 5.48. The Balaban J connectivity index is 1.84. The fourth-order valence-electron chi connectivity index (χ4n) is 2.36. The fraction of sp³-hybridized carbons (Fsp3) is 0.375. The molecule has 110 valence electrons. The third-order valence-electron chi connectivity index (χ3n) is 3.63. The van der Waals surface area contributed by atoms with Gasteiger partial charge in [0.1, 0.15) is 0 Å². The van der Waals surface area contributed by atoms with Crippen molar-refractivity contribution in [3.8, 4) is 11.3 Å². The highest BCUT2D eigenvalue weighted by Crippen LogP contribution is 2.36. The third-order valence-corrected chi connectivity index (χ3v) is 4.43. The van der Waals surface area contributed by atoms with Crippen LogP contribution in [-0.4, -0.2) is 17.4 Å². The van der Waals surface area contributed by atoms with E-state index < -0.39 is 0 Å². The first-order valence-electron chi connectivity index (χ1n) is 7.19. The number of benzene rings is 1. The number of hydrogen-bond acceptors (Lipinski definition) is 4. The minimum absolute atomic E-state index is 0.0692. The molecule has 0 radical (unpaired) electrons. The van der Waals surface area contributed by atoms with E-state index in [4.69, 9.17) is 0 Å². The molecule has 1 aliphatic rings. The van der Waals surface area contributed by atoms with Crippen LogP contribution in [0, 0.1) is 5.92 Å². The minimum atomic E-state index is -0.0860. The summed E-state index contributed by atoms with van der Waals surface area (Å²) in [5.41, 5.74) is 4.00. The molecular formula is C16H19N3OS. The van der Waals surface area contributed by atoms with Crippen LogP contribution in [0.25, 0.3) is 11.3 Å². The summed E-state index contributed by atoms with van der Waals surface area (Å²) in [5, 5.41) is 9.24. The summed E-state index contributed by atoms with van der Waals surface area (Å²) < 4.78 is 0. The summed E-state index contributed by atoms with van der Waals surface area (Å²) >= 11 is 1.62.